The lowest BCUT2D eigenvalue weighted by Gasteiger charge is -2.11. The van der Waals surface area contributed by atoms with Gasteiger partial charge >= 0.3 is 5.69 Å². The molecule has 2 heterocycles. The van der Waals surface area contributed by atoms with E-state index in [2.05, 4.69) is 25.9 Å². The Hall–Kier alpha value is -3.39. The minimum Gasteiger partial charge on any atom is -0.494 e. The molecule has 0 amide bonds. The van der Waals surface area contributed by atoms with Gasteiger partial charge in [-0.3, -0.25) is 14.8 Å². The maximum atomic E-state index is 12.4. The van der Waals surface area contributed by atoms with E-state index in [1.54, 1.807) is 30.5 Å². The molecule has 2 aromatic carbocycles. The molecular formula is C21H16BrN3O4. The third-order valence-electron chi connectivity index (χ3n) is 4.42. The van der Waals surface area contributed by atoms with Crippen LogP contribution in [0.4, 0.5) is 5.69 Å². The highest BCUT2D eigenvalue weighted by Crippen LogP contribution is 2.35. The maximum absolute atomic E-state index is 12.4. The van der Waals surface area contributed by atoms with Gasteiger partial charge in [0, 0.05) is 27.9 Å². The number of fused-ring (bicyclic) bond motifs is 1. The summed E-state index contributed by atoms with van der Waals surface area (Å²) in [5.74, 6) is 0.0841. The van der Waals surface area contributed by atoms with Crippen LogP contribution in [0.15, 0.2) is 61.5 Å². The van der Waals surface area contributed by atoms with Crippen molar-refractivity contribution in [2.45, 2.75) is 6.92 Å². The van der Waals surface area contributed by atoms with Crippen LogP contribution in [0.5, 0.6) is 11.6 Å². The Morgan fingerprint density at radius 2 is 2.07 bits per heavy atom. The number of aromatic amines is 1. The van der Waals surface area contributed by atoms with Gasteiger partial charge in [-0.2, -0.15) is 0 Å². The van der Waals surface area contributed by atoms with Crippen molar-refractivity contribution in [2.24, 2.45) is 4.99 Å². The molecule has 1 aliphatic heterocycles. The Labute approximate surface area is 173 Å². The number of aromatic hydroxyl groups is 1. The molecule has 0 atom stereocenters. The molecule has 29 heavy (non-hydrogen) atoms. The Morgan fingerprint density at radius 3 is 2.86 bits per heavy atom. The van der Waals surface area contributed by atoms with Crippen molar-refractivity contribution < 1.29 is 9.84 Å². The molecule has 1 aliphatic rings. The van der Waals surface area contributed by atoms with Crippen molar-refractivity contribution in [3.8, 4) is 17.3 Å². The molecule has 0 fully saturated rings. The number of aromatic nitrogens is 2. The summed E-state index contributed by atoms with van der Waals surface area (Å²) in [5.41, 5.74) is 1.12. The third-order valence-corrected chi connectivity index (χ3v) is 4.91. The first kappa shape index (κ1) is 18.9. The molecule has 0 unspecified atom stereocenters. The molecule has 3 aromatic rings. The predicted octanol–water partition coefficient (Wildman–Crippen LogP) is 3.65. The van der Waals surface area contributed by atoms with Gasteiger partial charge < -0.3 is 9.84 Å². The zero-order valence-corrected chi connectivity index (χ0v) is 16.9. The van der Waals surface area contributed by atoms with Crippen LogP contribution in [0.25, 0.3) is 17.3 Å². The van der Waals surface area contributed by atoms with E-state index in [-0.39, 0.29) is 5.56 Å². The van der Waals surface area contributed by atoms with Gasteiger partial charge in [-0.1, -0.05) is 22.0 Å². The zero-order valence-electron chi connectivity index (χ0n) is 15.3. The first-order valence-corrected chi connectivity index (χ1v) is 9.64. The van der Waals surface area contributed by atoms with Crippen molar-refractivity contribution in [3.05, 3.63) is 78.9 Å². The van der Waals surface area contributed by atoms with Gasteiger partial charge in [0.05, 0.1) is 18.0 Å². The van der Waals surface area contributed by atoms with E-state index in [1.165, 1.54) is 6.08 Å². The van der Waals surface area contributed by atoms with E-state index < -0.39 is 17.1 Å². The summed E-state index contributed by atoms with van der Waals surface area (Å²) in [4.78, 5) is 31.4. The second-order valence-corrected chi connectivity index (χ2v) is 7.20. The van der Waals surface area contributed by atoms with E-state index in [4.69, 9.17) is 4.74 Å². The quantitative estimate of drug-likeness (QED) is 0.629. The fourth-order valence-corrected chi connectivity index (χ4v) is 3.48. The van der Waals surface area contributed by atoms with Crippen LogP contribution in [-0.2, 0) is 0 Å². The predicted molar refractivity (Wildman–Crippen MR) is 116 cm³/mol. The van der Waals surface area contributed by atoms with Gasteiger partial charge in [-0.25, -0.2) is 9.36 Å². The molecule has 2 N–H and O–H groups in total. The number of ether oxygens (including phenoxy) is 1. The van der Waals surface area contributed by atoms with Crippen molar-refractivity contribution in [1.29, 1.82) is 0 Å². The number of halogens is 1. The van der Waals surface area contributed by atoms with Crippen molar-refractivity contribution in [1.82, 2.24) is 9.55 Å². The Balaban J connectivity index is 1.88. The van der Waals surface area contributed by atoms with E-state index in [1.807, 2.05) is 25.1 Å². The van der Waals surface area contributed by atoms with E-state index in [0.717, 1.165) is 20.3 Å². The standard InChI is InChI=1S/C21H16BrN3O4/c1-2-29-15-5-3-4-14(10-15)25-20(27)17(19(26)24-21(25)28)8-12-11-23-18-7-6-13(22)9-16(12)18/h3-11,27H,2H2,1H3,(H,24,26,28)/b12-8+. The van der Waals surface area contributed by atoms with Crippen molar-refractivity contribution >= 4 is 39.5 Å². The molecule has 1 aromatic heterocycles. The largest absolute Gasteiger partial charge is 0.494 e. The number of H-pyrrole nitrogens is 1. The number of nitrogens with one attached hydrogen (secondary N) is 1. The normalized spacial score (nSPS) is 13.7. The van der Waals surface area contributed by atoms with E-state index >= 15 is 0 Å². The molecular weight excluding hydrogens is 438 g/mol. The number of allylic oxidation sites excluding steroid dienone is 1. The average molecular weight is 454 g/mol. The topological polar surface area (TPSA) is 96.7 Å². The molecule has 0 spiro atoms. The second-order valence-electron chi connectivity index (χ2n) is 6.28. The fourth-order valence-electron chi connectivity index (χ4n) is 3.12. The molecule has 0 bridgehead atoms. The lowest BCUT2D eigenvalue weighted by molar-refractivity contribution is 0.340. The van der Waals surface area contributed by atoms with Crippen LogP contribution in [0.1, 0.15) is 18.1 Å². The van der Waals surface area contributed by atoms with Gasteiger partial charge in [0.15, 0.2) is 0 Å². The molecule has 146 valence electrons. The number of hydrogen-bond acceptors (Lipinski definition) is 5. The van der Waals surface area contributed by atoms with E-state index in [0.29, 0.717) is 23.6 Å². The van der Waals surface area contributed by atoms with E-state index in [9.17, 15) is 14.7 Å². The summed E-state index contributed by atoms with van der Waals surface area (Å²) in [5, 5.41) is 10.8. The third kappa shape index (κ3) is 3.54. The Morgan fingerprint density at radius 1 is 1.24 bits per heavy atom. The first-order chi connectivity index (χ1) is 14.0. The first-order valence-electron chi connectivity index (χ1n) is 8.85. The SMILES string of the molecule is CCOc1cccc(-n2c(O)c(/C=C3\C=Nc4ccc(Br)cc43)c(=O)[nH]c2=O)c1. The fraction of sp³-hybridized carbons (Fsp3) is 0.0952. The van der Waals surface area contributed by atoms with Crippen molar-refractivity contribution in [2.75, 3.05) is 6.61 Å². The number of nitrogens with zero attached hydrogens (tertiary/aromatic N) is 2. The highest BCUT2D eigenvalue weighted by Gasteiger charge is 2.18. The molecule has 4 rings (SSSR count). The van der Waals surface area contributed by atoms with Crippen LogP contribution in [0, 0.1) is 0 Å². The van der Waals surface area contributed by atoms with Gasteiger partial charge in [-0.05, 0) is 43.3 Å². The number of rotatable bonds is 4. The summed E-state index contributed by atoms with van der Waals surface area (Å²) in [6.45, 7) is 2.31. The summed E-state index contributed by atoms with van der Waals surface area (Å²) in [6.07, 6.45) is 3.12. The molecule has 0 aliphatic carbocycles. The summed E-state index contributed by atoms with van der Waals surface area (Å²) in [7, 11) is 0. The molecule has 7 nitrogen and oxygen atoms in total. The number of aliphatic imine (C=N–C) groups is 1. The smallest absolute Gasteiger partial charge is 0.335 e. The monoisotopic (exact) mass is 453 g/mol. The van der Waals surface area contributed by atoms with Crippen LogP contribution in [-0.4, -0.2) is 27.5 Å². The van der Waals surface area contributed by atoms with Crippen LogP contribution >= 0.6 is 15.9 Å². The highest BCUT2D eigenvalue weighted by molar-refractivity contribution is 9.10. The van der Waals surface area contributed by atoms with Crippen LogP contribution in [0.2, 0.25) is 0 Å². The second kappa shape index (κ2) is 7.56. The lowest BCUT2D eigenvalue weighted by Crippen LogP contribution is -2.30. The van der Waals surface area contributed by atoms with Gasteiger partial charge in [0.1, 0.15) is 11.3 Å². The van der Waals surface area contributed by atoms with Crippen LogP contribution < -0.4 is 16.0 Å². The Kier molecular flexibility index (Phi) is 4.94. The average Bonchev–Trinajstić information content (AvgIpc) is 3.07. The minimum absolute atomic E-state index is 0.0410. The maximum Gasteiger partial charge on any atom is 0.335 e. The zero-order chi connectivity index (χ0) is 20.5. The van der Waals surface area contributed by atoms with Gasteiger partial charge in [0.25, 0.3) is 5.56 Å². The van der Waals surface area contributed by atoms with Gasteiger partial charge in [-0.15, -0.1) is 0 Å². The highest BCUT2D eigenvalue weighted by atomic mass is 79.9. The summed E-state index contributed by atoms with van der Waals surface area (Å²) in [6, 6.07) is 12.3. The molecule has 0 saturated heterocycles. The lowest BCUT2D eigenvalue weighted by atomic mass is 10.1. The summed E-state index contributed by atoms with van der Waals surface area (Å²) < 4.78 is 7.35. The van der Waals surface area contributed by atoms with Crippen molar-refractivity contribution in [3.63, 3.8) is 0 Å². The summed E-state index contributed by atoms with van der Waals surface area (Å²) >= 11 is 3.42. The van der Waals surface area contributed by atoms with Gasteiger partial charge in [0.2, 0.25) is 5.88 Å². The number of benzene rings is 2. The molecule has 8 heteroatoms. The minimum atomic E-state index is -0.744. The number of hydrogen-bond donors (Lipinski definition) is 2. The molecule has 0 radical (unpaired) electrons. The Bertz CT molecular complexity index is 1290. The molecule has 0 saturated carbocycles. The van der Waals surface area contributed by atoms with Crippen LogP contribution in [0.3, 0.4) is 0 Å².